The van der Waals surface area contributed by atoms with Crippen LogP contribution in [0.2, 0.25) is 0 Å². The van der Waals surface area contributed by atoms with Gasteiger partial charge in [0.2, 0.25) is 5.91 Å². The van der Waals surface area contributed by atoms with Crippen LogP contribution in [-0.2, 0) is 16.1 Å². The average Bonchev–Trinajstić information content (AvgIpc) is 2.33. The first-order chi connectivity index (χ1) is 8.51. The first kappa shape index (κ1) is 14.0. The number of methoxy groups -OCH3 is 1. The first-order valence-corrected chi connectivity index (χ1v) is 5.64. The van der Waals surface area contributed by atoms with Crippen molar-refractivity contribution < 1.29 is 19.4 Å². The summed E-state index contributed by atoms with van der Waals surface area (Å²) < 4.78 is 5.13. The predicted molar refractivity (Wildman–Crippen MR) is 66.4 cm³/mol. The molecule has 98 valence electrons. The van der Waals surface area contributed by atoms with Gasteiger partial charge in [-0.25, -0.2) is 0 Å². The number of carboxylic acid groups (broad SMARTS) is 1. The van der Waals surface area contributed by atoms with Crippen molar-refractivity contribution in [3.8, 4) is 5.75 Å². The highest BCUT2D eigenvalue weighted by Crippen LogP contribution is 2.16. The van der Waals surface area contributed by atoms with Crippen LogP contribution in [0.15, 0.2) is 18.2 Å². The van der Waals surface area contributed by atoms with Crippen LogP contribution in [0.3, 0.4) is 0 Å². The van der Waals surface area contributed by atoms with Gasteiger partial charge in [0.05, 0.1) is 13.5 Å². The quantitative estimate of drug-likeness (QED) is 0.803. The number of carboxylic acids is 1. The molecule has 0 heterocycles. The zero-order chi connectivity index (χ0) is 13.5. The zero-order valence-corrected chi connectivity index (χ0v) is 10.5. The molecule has 1 aromatic rings. The molecule has 2 N–H and O–H groups in total. The van der Waals surface area contributed by atoms with Crippen LogP contribution in [0.4, 0.5) is 0 Å². The Morgan fingerprint density at radius 2 is 2.00 bits per heavy atom. The minimum absolute atomic E-state index is 0.00170. The van der Waals surface area contributed by atoms with E-state index in [9.17, 15) is 9.59 Å². The third kappa shape index (κ3) is 4.86. The average molecular weight is 251 g/mol. The number of amides is 1. The summed E-state index contributed by atoms with van der Waals surface area (Å²) in [5.74, 6) is -0.495. The minimum Gasteiger partial charge on any atom is -0.497 e. The Hall–Kier alpha value is -2.04. The summed E-state index contributed by atoms with van der Waals surface area (Å²) in [4.78, 5) is 21.7. The van der Waals surface area contributed by atoms with Gasteiger partial charge in [0.1, 0.15) is 5.75 Å². The van der Waals surface area contributed by atoms with Gasteiger partial charge in [-0.3, -0.25) is 9.59 Å². The van der Waals surface area contributed by atoms with E-state index in [0.717, 1.165) is 16.9 Å². The molecule has 0 aliphatic heterocycles. The molecule has 0 aromatic heterocycles. The van der Waals surface area contributed by atoms with Gasteiger partial charge >= 0.3 is 5.97 Å². The molecular weight excluding hydrogens is 234 g/mol. The maximum Gasteiger partial charge on any atom is 0.303 e. The van der Waals surface area contributed by atoms with E-state index in [4.69, 9.17) is 9.84 Å². The topological polar surface area (TPSA) is 75.6 Å². The van der Waals surface area contributed by atoms with E-state index in [1.165, 1.54) is 0 Å². The lowest BCUT2D eigenvalue weighted by molar-refractivity contribution is -0.138. The van der Waals surface area contributed by atoms with Crippen molar-refractivity contribution in [3.63, 3.8) is 0 Å². The lowest BCUT2D eigenvalue weighted by atomic mass is 10.1. The number of rotatable bonds is 6. The molecule has 0 unspecified atom stereocenters. The van der Waals surface area contributed by atoms with Crippen molar-refractivity contribution in [3.05, 3.63) is 29.3 Å². The van der Waals surface area contributed by atoms with Crippen LogP contribution in [0.25, 0.3) is 0 Å². The third-order valence-electron chi connectivity index (χ3n) is 2.40. The molecule has 1 rings (SSSR count). The monoisotopic (exact) mass is 251 g/mol. The Balaban J connectivity index is 2.50. The highest BCUT2D eigenvalue weighted by molar-refractivity contribution is 5.80. The fraction of sp³-hybridized carbons (Fsp3) is 0.385. The molecule has 0 bridgehead atoms. The Kier molecular flexibility index (Phi) is 5.17. The molecule has 0 radical (unpaired) electrons. The molecule has 0 aliphatic carbocycles. The summed E-state index contributed by atoms with van der Waals surface area (Å²) in [6, 6.07) is 5.68. The van der Waals surface area contributed by atoms with Gasteiger partial charge in [-0.1, -0.05) is 6.07 Å². The minimum atomic E-state index is -0.970. The van der Waals surface area contributed by atoms with Crippen LogP contribution in [0, 0.1) is 6.92 Å². The summed E-state index contributed by atoms with van der Waals surface area (Å²) in [5.41, 5.74) is 1.97. The van der Waals surface area contributed by atoms with Crippen molar-refractivity contribution >= 4 is 11.9 Å². The van der Waals surface area contributed by atoms with E-state index < -0.39 is 5.97 Å². The molecule has 18 heavy (non-hydrogen) atoms. The number of ether oxygens (including phenoxy) is 1. The zero-order valence-electron chi connectivity index (χ0n) is 10.5. The van der Waals surface area contributed by atoms with Gasteiger partial charge in [0, 0.05) is 13.0 Å². The molecule has 1 amide bonds. The van der Waals surface area contributed by atoms with Gasteiger partial charge in [0.25, 0.3) is 0 Å². The normalized spacial score (nSPS) is 9.89. The molecule has 5 nitrogen and oxygen atoms in total. The van der Waals surface area contributed by atoms with Crippen LogP contribution < -0.4 is 10.1 Å². The summed E-state index contributed by atoms with van der Waals surface area (Å²) >= 11 is 0. The summed E-state index contributed by atoms with van der Waals surface area (Å²) in [6.45, 7) is 2.31. The van der Waals surface area contributed by atoms with Crippen LogP contribution in [-0.4, -0.2) is 24.1 Å². The number of hydrogen-bond donors (Lipinski definition) is 2. The van der Waals surface area contributed by atoms with Crippen molar-refractivity contribution in [2.45, 2.75) is 26.3 Å². The highest BCUT2D eigenvalue weighted by Gasteiger charge is 2.05. The van der Waals surface area contributed by atoms with Crippen molar-refractivity contribution in [1.82, 2.24) is 5.32 Å². The SMILES string of the molecule is COc1cc(C)cc(CNC(=O)CCC(=O)O)c1. The Labute approximate surface area is 106 Å². The second-order valence-corrected chi connectivity index (χ2v) is 4.03. The molecule has 0 fully saturated rings. The maximum atomic E-state index is 11.4. The van der Waals surface area contributed by atoms with Gasteiger partial charge in [-0.15, -0.1) is 0 Å². The third-order valence-corrected chi connectivity index (χ3v) is 2.40. The molecule has 1 aromatic carbocycles. The number of aliphatic carboxylic acids is 1. The Morgan fingerprint density at radius 3 is 2.61 bits per heavy atom. The van der Waals surface area contributed by atoms with E-state index >= 15 is 0 Å². The van der Waals surface area contributed by atoms with Gasteiger partial charge in [0.15, 0.2) is 0 Å². The van der Waals surface area contributed by atoms with E-state index in [-0.39, 0.29) is 18.7 Å². The van der Waals surface area contributed by atoms with Gasteiger partial charge in [-0.2, -0.15) is 0 Å². The fourth-order valence-electron chi connectivity index (χ4n) is 1.55. The highest BCUT2D eigenvalue weighted by atomic mass is 16.5. The second kappa shape index (κ2) is 6.64. The van der Waals surface area contributed by atoms with Crippen LogP contribution in [0.1, 0.15) is 24.0 Å². The van der Waals surface area contributed by atoms with E-state index in [1.807, 2.05) is 25.1 Å². The summed E-state index contributed by atoms with van der Waals surface area (Å²) in [6.07, 6.45) is -0.152. The second-order valence-electron chi connectivity index (χ2n) is 4.03. The predicted octanol–water partition coefficient (Wildman–Crippen LogP) is 1.48. The lowest BCUT2D eigenvalue weighted by Crippen LogP contribution is -2.23. The van der Waals surface area contributed by atoms with Crippen molar-refractivity contribution in [2.75, 3.05) is 7.11 Å². The summed E-state index contributed by atoms with van der Waals surface area (Å²) in [7, 11) is 1.59. The number of hydrogen-bond acceptors (Lipinski definition) is 3. The first-order valence-electron chi connectivity index (χ1n) is 5.64. The molecule has 0 spiro atoms. The molecule has 5 heteroatoms. The molecule has 0 saturated carbocycles. The smallest absolute Gasteiger partial charge is 0.303 e. The Morgan fingerprint density at radius 1 is 1.28 bits per heavy atom. The number of nitrogens with one attached hydrogen (secondary N) is 1. The van der Waals surface area contributed by atoms with Gasteiger partial charge < -0.3 is 15.2 Å². The summed E-state index contributed by atoms with van der Waals surface area (Å²) in [5, 5.41) is 11.1. The molecule has 0 aliphatic rings. The van der Waals surface area contributed by atoms with Crippen molar-refractivity contribution in [1.29, 1.82) is 0 Å². The lowest BCUT2D eigenvalue weighted by Gasteiger charge is -2.08. The fourth-order valence-corrected chi connectivity index (χ4v) is 1.55. The Bertz CT molecular complexity index is 443. The number of carbonyl (C=O) groups is 2. The van der Waals surface area contributed by atoms with E-state index in [1.54, 1.807) is 7.11 Å². The largest absolute Gasteiger partial charge is 0.497 e. The van der Waals surface area contributed by atoms with Crippen molar-refractivity contribution in [2.24, 2.45) is 0 Å². The van der Waals surface area contributed by atoms with Gasteiger partial charge in [-0.05, 0) is 30.2 Å². The van der Waals surface area contributed by atoms with Crippen LogP contribution >= 0.6 is 0 Å². The van der Waals surface area contributed by atoms with Crippen LogP contribution in [0.5, 0.6) is 5.75 Å². The van der Waals surface area contributed by atoms with E-state index in [0.29, 0.717) is 6.54 Å². The molecule has 0 saturated heterocycles. The standard InChI is InChI=1S/C13H17NO4/c1-9-5-10(7-11(6-9)18-2)8-14-12(15)3-4-13(16)17/h5-7H,3-4,8H2,1-2H3,(H,14,15)(H,16,17). The number of carbonyl (C=O) groups excluding carboxylic acids is 1. The number of aryl methyl sites for hydroxylation is 1. The molecular formula is C13H17NO4. The molecule has 0 atom stereocenters. The maximum absolute atomic E-state index is 11.4. The number of benzene rings is 1. The van der Waals surface area contributed by atoms with E-state index in [2.05, 4.69) is 5.32 Å².